The second-order valence-corrected chi connectivity index (χ2v) is 4.53. The van der Waals surface area contributed by atoms with Crippen LogP contribution in [0.15, 0.2) is 42.5 Å². The molecule has 0 aliphatic carbocycles. The van der Waals surface area contributed by atoms with Gasteiger partial charge in [0.2, 0.25) is 5.75 Å². The van der Waals surface area contributed by atoms with Gasteiger partial charge in [-0.15, -0.1) is 0 Å². The molecule has 2 rings (SSSR count). The van der Waals surface area contributed by atoms with E-state index in [-0.39, 0.29) is 11.4 Å². The quantitative estimate of drug-likeness (QED) is 0.680. The van der Waals surface area contributed by atoms with E-state index in [1.165, 1.54) is 6.07 Å². The summed E-state index contributed by atoms with van der Waals surface area (Å²) in [6, 6.07) is 11.6. The highest BCUT2D eigenvalue weighted by atomic mass is 16.6. The van der Waals surface area contributed by atoms with Gasteiger partial charge in [-0.1, -0.05) is 24.3 Å². The van der Waals surface area contributed by atoms with Crippen LogP contribution in [0.25, 0.3) is 0 Å². The molecule has 5 nitrogen and oxygen atoms in total. The van der Waals surface area contributed by atoms with Crippen molar-refractivity contribution in [2.75, 3.05) is 0 Å². The molecule has 0 spiro atoms. The van der Waals surface area contributed by atoms with Crippen LogP contribution in [-0.2, 0) is 0 Å². The number of nitro benzene ring substituents is 1. The highest BCUT2D eigenvalue weighted by molar-refractivity contribution is 5.53. The summed E-state index contributed by atoms with van der Waals surface area (Å²) in [5.41, 5.74) is 1.39. The molecule has 1 N–H and O–H groups in total. The van der Waals surface area contributed by atoms with E-state index in [4.69, 9.17) is 4.74 Å². The average Bonchev–Trinajstić information content (AvgIpc) is 2.41. The second kappa shape index (κ2) is 5.71. The number of para-hydroxylation sites is 1. The van der Waals surface area contributed by atoms with Crippen molar-refractivity contribution < 1.29 is 14.8 Å². The minimum Gasteiger partial charge on any atom is -0.450 e. The summed E-state index contributed by atoms with van der Waals surface area (Å²) in [6.07, 6.45) is -0.558. The van der Waals surface area contributed by atoms with Gasteiger partial charge in [-0.2, -0.15) is 0 Å². The van der Waals surface area contributed by atoms with E-state index >= 15 is 0 Å². The summed E-state index contributed by atoms with van der Waals surface area (Å²) in [5, 5.41) is 20.4. The molecule has 104 valence electrons. The van der Waals surface area contributed by atoms with E-state index in [1.807, 2.05) is 0 Å². The Morgan fingerprint density at radius 1 is 1.20 bits per heavy atom. The zero-order valence-corrected chi connectivity index (χ0v) is 11.2. The molecule has 20 heavy (non-hydrogen) atoms. The molecule has 5 heteroatoms. The first-order valence-corrected chi connectivity index (χ1v) is 6.19. The molecule has 0 saturated heterocycles. The number of hydrogen-bond donors (Lipinski definition) is 1. The van der Waals surface area contributed by atoms with Crippen LogP contribution < -0.4 is 4.74 Å². The molecule has 0 saturated carbocycles. The Kier molecular flexibility index (Phi) is 4.00. The minimum absolute atomic E-state index is 0.0652. The van der Waals surface area contributed by atoms with Crippen molar-refractivity contribution in [3.05, 3.63) is 63.7 Å². The molecular formula is C15H15NO4. The summed E-state index contributed by atoms with van der Waals surface area (Å²) < 4.78 is 5.61. The number of benzene rings is 2. The van der Waals surface area contributed by atoms with Gasteiger partial charge in [-0.3, -0.25) is 10.1 Å². The molecule has 0 aromatic heterocycles. The zero-order valence-electron chi connectivity index (χ0n) is 11.2. The van der Waals surface area contributed by atoms with E-state index < -0.39 is 11.0 Å². The molecule has 0 amide bonds. The maximum atomic E-state index is 11.0. The fourth-order valence-corrected chi connectivity index (χ4v) is 1.85. The lowest BCUT2D eigenvalue weighted by molar-refractivity contribution is -0.385. The van der Waals surface area contributed by atoms with Crippen LogP contribution >= 0.6 is 0 Å². The first-order chi connectivity index (χ1) is 9.49. The largest absolute Gasteiger partial charge is 0.450 e. The SMILES string of the molecule is Cc1cccc([N+](=O)[O-])c1Oc1ccc(C(C)O)cc1. The second-order valence-electron chi connectivity index (χ2n) is 4.53. The summed E-state index contributed by atoms with van der Waals surface area (Å²) >= 11 is 0. The predicted octanol–water partition coefficient (Wildman–Crippen LogP) is 3.75. The smallest absolute Gasteiger partial charge is 0.311 e. The average molecular weight is 273 g/mol. The predicted molar refractivity (Wildman–Crippen MR) is 75.0 cm³/mol. The number of nitrogens with zero attached hydrogens (tertiary/aromatic N) is 1. The summed E-state index contributed by atoms with van der Waals surface area (Å²) in [7, 11) is 0. The van der Waals surface area contributed by atoms with Crippen LogP contribution in [0.1, 0.15) is 24.2 Å². The van der Waals surface area contributed by atoms with E-state index in [9.17, 15) is 15.2 Å². The number of aliphatic hydroxyl groups is 1. The molecule has 0 radical (unpaired) electrons. The molecule has 1 atom stereocenters. The van der Waals surface area contributed by atoms with Crippen molar-refractivity contribution in [3.63, 3.8) is 0 Å². The number of aliphatic hydroxyl groups excluding tert-OH is 1. The molecule has 0 aliphatic rings. The molecule has 1 unspecified atom stereocenters. The van der Waals surface area contributed by atoms with E-state index in [0.29, 0.717) is 11.3 Å². The highest BCUT2D eigenvalue weighted by Crippen LogP contribution is 2.34. The van der Waals surface area contributed by atoms with Crippen LogP contribution in [0.4, 0.5) is 5.69 Å². The molecule has 0 bridgehead atoms. The van der Waals surface area contributed by atoms with Crippen LogP contribution in [0, 0.1) is 17.0 Å². The lowest BCUT2D eigenvalue weighted by Gasteiger charge is -2.10. The molecule has 2 aromatic carbocycles. The van der Waals surface area contributed by atoms with Crippen molar-refractivity contribution in [2.45, 2.75) is 20.0 Å². The van der Waals surface area contributed by atoms with Gasteiger partial charge in [0.05, 0.1) is 11.0 Å². The maximum Gasteiger partial charge on any atom is 0.311 e. The molecule has 0 heterocycles. The van der Waals surface area contributed by atoms with E-state index in [1.54, 1.807) is 50.2 Å². The summed E-state index contributed by atoms with van der Waals surface area (Å²) in [4.78, 5) is 10.5. The third-order valence-corrected chi connectivity index (χ3v) is 2.97. The zero-order chi connectivity index (χ0) is 14.7. The number of rotatable bonds is 4. The van der Waals surface area contributed by atoms with Crippen molar-refractivity contribution >= 4 is 5.69 Å². The number of nitro groups is 1. The van der Waals surface area contributed by atoms with Crippen molar-refractivity contribution in [3.8, 4) is 11.5 Å². The van der Waals surface area contributed by atoms with E-state index in [0.717, 1.165) is 5.56 Å². The van der Waals surface area contributed by atoms with Crippen molar-refractivity contribution in [2.24, 2.45) is 0 Å². The van der Waals surface area contributed by atoms with Gasteiger partial charge in [-0.25, -0.2) is 0 Å². The molecule has 2 aromatic rings. The van der Waals surface area contributed by atoms with Gasteiger partial charge in [0.25, 0.3) is 0 Å². The summed E-state index contributed by atoms with van der Waals surface area (Å²) in [6.45, 7) is 3.43. The number of hydrogen-bond acceptors (Lipinski definition) is 4. The van der Waals surface area contributed by atoms with Crippen LogP contribution in [-0.4, -0.2) is 10.0 Å². The Bertz CT molecular complexity index is 620. The van der Waals surface area contributed by atoms with Gasteiger partial charge in [-0.05, 0) is 37.1 Å². The minimum atomic E-state index is -0.558. The lowest BCUT2D eigenvalue weighted by atomic mass is 10.1. The number of aryl methyl sites for hydroxylation is 1. The van der Waals surface area contributed by atoms with Crippen molar-refractivity contribution in [1.82, 2.24) is 0 Å². The third-order valence-electron chi connectivity index (χ3n) is 2.97. The first kappa shape index (κ1) is 14.0. The van der Waals surface area contributed by atoms with Crippen molar-refractivity contribution in [1.29, 1.82) is 0 Å². The number of ether oxygens (including phenoxy) is 1. The Hall–Kier alpha value is -2.40. The Labute approximate surface area is 116 Å². The monoisotopic (exact) mass is 273 g/mol. The Balaban J connectivity index is 2.32. The third kappa shape index (κ3) is 2.95. The topological polar surface area (TPSA) is 72.6 Å². The van der Waals surface area contributed by atoms with Gasteiger partial charge in [0.15, 0.2) is 0 Å². The Morgan fingerprint density at radius 3 is 2.40 bits per heavy atom. The fourth-order valence-electron chi connectivity index (χ4n) is 1.85. The molecule has 0 fully saturated rings. The van der Waals surface area contributed by atoms with Gasteiger partial charge >= 0.3 is 5.69 Å². The Morgan fingerprint density at radius 2 is 1.85 bits per heavy atom. The fraction of sp³-hybridized carbons (Fsp3) is 0.200. The van der Waals surface area contributed by atoms with Crippen LogP contribution in [0.3, 0.4) is 0 Å². The molecular weight excluding hydrogens is 258 g/mol. The van der Waals surface area contributed by atoms with Gasteiger partial charge < -0.3 is 9.84 Å². The lowest BCUT2D eigenvalue weighted by Crippen LogP contribution is -1.96. The van der Waals surface area contributed by atoms with E-state index in [2.05, 4.69) is 0 Å². The van der Waals surface area contributed by atoms with Crippen LogP contribution in [0.5, 0.6) is 11.5 Å². The first-order valence-electron chi connectivity index (χ1n) is 6.19. The highest BCUT2D eigenvalue weighted by Gasteiger charge is 2.17. The summed E-state index contributed by atoms with van der Waals surface area (Å²) in [5.74, 6) is 0.731. The normalized spacial score (nSPS) is 11.9. The standard InChI is InChI=1S/C15H15NO4/c1-10-4-3-5-14(16(18)19)15(10)20-13-8-6-12(7-9-13)11(2)17/h3-9,11,17H,1-2H3. The van der Waals surface area contributed by atoms with Gasteiger partial charge in [0.1, 0.15) is 5.75 Å². The maximum absolute atomic E-state index is 11.0. The molecule has 0 aliphatic heterocycles. The van der Waals surface area contributed by atoms with Crippen LogP contribution in [0.2, 0.25) is 0 Å². The van der Waals surface area contributed by atoms with Gasteiger partial charge in [0, 0.05) is 6.07 Å².